The third-order valence-electron chi connectivity index (χ3n) is 2.39. The summed E-state index contributed by atoms with van der Waals surface area (Å²) >= 11 is 0. The van der Waals surface area contributed by atoms with Gasteiger partial charge < -0.3 is 4.43 Å². The molecule has 0 aromatic rings. The van der Waals surface area contributed by atoms with Crippen molar-refractivity contribution in [3.05, 3.63) is 0 Å². The zero-order valence-corrected chi connectivity index (χ0v) is 8.19. The summed E-state index contributed by atoms with van der Waals surface area (Å²) in [7, 11) is 7.28. The van der Waals surface area contributed by atoms with Crippen LogP contribution in [-0.2, 0) is 4.43 Å². The van der Waals surface area contributed by atoms with E-state index in [0.717, 1.165) is 6.09 Å². The molecular weight excluding hydrogens is 122 g/mol. The van der Waals surface area contributed by atoms with Crippen LogP contribution >= 0.6 is 0 Å². The average molecular weight is 135 g/mol. The van der Waals surface area contributed by atoms with Gasteiger partial charge in [0, 0.05) is 7.11 Å². The quantitative estimate of drug-likeness (QED) is 0.365. The fraction of sp³-hybridized carbons (Fsp3) is 1.00. The van der Waals surface area contributed by atoms with Crippen LogP contribution in [0.5, 0.6) is 0 Å². The Morgan fingerprint density at radius 1 is 1.56 bits per heavy atom. The molecule has 0 aromatic carbocycles. The van der Waals surface area contributed by atoms with Crippen molar-refractivity contribution in [2.45, 2.75) is 6.55 Å². The highest BCUT2D eigenvalue weighted by atomic mass is 28.3. The topological polar surface area (TPSA) is 9.23 Å². The lowest BCUT2D eigenvalue weighted by atomic mass is 9.37. The van der Waals surface area contributed by atoms with Crippen molar-refractivity contribution in [1.82, 2.24) is 0 Å². The van der Waals surface area contributed by atoms with Crippen molar-refractivity contribution >= 4 is 44.1 Å². The van der Waals surface area contributed by atoms with E-state index in [1.807, 2.05) is 7.11 Å². The molecule has 0 N–H and O–H groups in total. The first-order chi connectivity index (χ1) is 4.06. The van der Waals surface area contributed by atoms with E-state index in [4.69, 9.17) is 4.43 Å². The van der Waals surface area contributed by atoms with Crippen molar-refractivity contribution in [3.63, 3.8) is 0 Å². The van der Waals surface area contributed by atoms with Crippen LogP contribution in [0, 0.1) is 0 Å². The van der Waals surface area contributed by atoms with Crippen molar-refractivity contribution in [2.24, 2.45) is 0 Å². The first-order valence-corrected chi connectivity index (χ1v) is 6.31. The standard InChI is InChI=1S/C2H13B5OSi/c1-8-9(2,6-3)7(4)5/h6H,3-5H2,1-2H3. The molecule has 1 nitrogen and oxygen atoms in total. The summed E-state index contributed by atoms with van der Waals surface area (Å²) in [4.78, 5) is 0. The van der Waals surface area contributed by atoms with Crippen LogP contribution in [-0.4, -0.2) is 51.2 Å². The number of hydrogen-bond donors (Lipinski definition) is 0. The van der Waals surface area contributed by atoms with Crippen LogP contribution in [0.1, 0.15) is 0 Å². The lowest BCUT2D eigenvalue weighted by molar-refractivity contribution is 0.432. The maximum Gasteiger partial charge on any atom is 0.102 e. The average Bonchev–Trinajstić information content (AvgIpc) is 1.86. The molecule has 9 heavy (non-hydrogen) atoms. The van der Waals surface area contributed by atoms with Gasteiger partial charge in [0.2, 0.25) is 0 Å². The minimum absolute atomic E-state index is 0.743. The van der Waals surface area contributed by atoms with Gasteiger partial charge in [0.15, 0.2) is 0 Å². The molecule has 7 heteroatoms. The van der Waals surface area contributed by atoms with Gasteiger partial charge in [0.05, 0.1) is 37.4 Å². The van der Waals surface area contributed by atoms with Gasteiger partial charge in [-0.1, -0.05) is 6.55 Å². The van der Waals surface area contributed by atoms with Gasteiger partial charge >= 0.3 is 0 Å². The molecule has 0 saturated carbocycles. The van der Waals surface area contributed by atoms with Gasteiger partial charge in [-0.25, -0.2) is 0 Å². The molecule has 0 aliphatic rings. The molecule has 46 valence electrons. The Bertz CT molecular complexity index is 83.0. The van der Waals surface area contributed by atoms with E-state index in [-0.39, 0.29) is 0 Å². The van der Waals surface area contributed by atoms with Gasteiger partial charge in [0.1, 0.15) is 6.76 Å². The highest BCUT2D eigenvalue weighted by Gasteiger charge is 2.30. The Labute approximate surface area is 62.8 Å². The number of hydrogen-bond acceptors (Lipinski definition) is 1. The maximum absolute atomic E-state index is 5.49. The largest absolute Gasteiger partial charge is 0.438 e. The third-order valence-corrected chi connectivity index (χ3v) is 7.17. The Hall–Kier alpha value is 0.502. The molecule has 0 amide bonds. The van der Waals surface area contributed by atoms with E-state index >= 15 is 0 Å². The highest BCUT2D eigenvalue weighted by molar-refractivity contribution is 7.76. The van der Waals surface area contributed by atoms with E-state index in [1.165, 1.54) is 6.76 Å². The van der Waals surface area contributed by atoms with Gasteiger partial charge in [0.25, 0.3) is 0 Å². The minimum Gasteiger partial charge on any atom is -0.438 e. The SMILES string of the molecule is BB[Si](C)(OC)B(B)B. The van der Waals surface area contributed by atoms with E-state index in [9.17, 15) is 0 Å². The maximum atomic E-state index is 5.49. The van der Waals surface area contributed by atoms with Gasteiger partial charge in [-0.3, -0.25) is 0 Å². The summed E-state index contributed by atoms with van der Waals surface area (Å²) < 4.78 is 5.49. The summed E-state index contributed by atoms with van der Waals surface area (Å²) in [6.45, 7) is 3.51. The molecule has 0 aliphatic carbocycles. The highest BCUT2D eigenvalue weighted by Crippen LogP contribution is 1.99. The second-order valence-electron chi connectivity index (χ2n) is 3.03. The van der Waals surface area contributed by atoms with Crippen molar-refractivity contribution in [3.8, 4) is 0 Å². The molecule has 0 bridgehead atoms. The second-order valence-corrected chi connectivity index (χ2v) is 7.92. The lowest BCUT2D eigenvalue weighted by Crippen LogP contribution is -2.57. The molecule has 1 unspecified atom stereocenters. The predicted molar refractivity (Wildman–Crippen MR) is 57.2 cm³/mol. The first kappa shape index (κ1) is 9.50. The van der Waals surface area contributed by atoms with Crippen LogP contribution in [0.15, 0.2) is 0 Å². The Morgan fingerprint density at radius 3 is 2.00 bits per heavy atom. The van der Waals surface area contributed by atoms with E-state index in [1.54, 1.807) is 0 Å². The monoisotopic (exact) mass is 136 g/mol. The summed E-state index contributed by atoms with van der Waals surface area (Å²) in [5, 5.41) is 0. The van der Waals surface area contributed by atoms with E-state index < -0.39 is 8.06 Å². The predicted octanol–water partition coefficient (Wildman–Crippen LogP) is -3.48. The van der Waals surface area contributed by atoms with Crippen molar-refractivity contribution in [1.29, 1.82) is 0 Å². The molecular formula is C2H13B5OSi. The first-order valence-electron chi connectivity index (χ1n) is 3.62. The fourth-order valence-electron chi connectivity index (χ4n) is 0.788. The molecule has 0 saturated heterocycles. The molecule has 1 atom stereocenters. The van der Waals surface area contributed by atoms with Crippen molar-refractivity contribution < 1.29 is 4.43 Å². The van der Waals surface area contributed by atoms with E-state index in [2.05, 4.69) is 29.8 Å². The van der Waals surface area contributed by atoms with Crippen LogP contribution in [0.3, 0.4) is 0 Å². The normalized spacial score (nSPS) is 16.2. The molecule has 0 aromatic heterocycles. The zero-order valence-electron chi connectivity index (χ0n) is 7.19. The zero-order chi connectivity index (χ0) is 7.49. The molecule has 0 rings (SSSR count). The van der Waals surface area contributed by atoms with Gasteiger partial charge in [-0.2, -0.15) is 0 Å². The molecule has 0 heterocycles. The molecule has 0 spiro atoms. The van der Waals surface area contributed by atoms with Crippen LogP contribution < -0.4 is 0 Å². The summed E-state index contributed by atoms with van der Waals surface area (Å²) in [6.07, 6.45) is 0.743. The van der Waals surface area contributed by atoms with Crippen LogP contribution in [0.25, 0.3) is 0 Å². The Balaban J connectivity index is 3.92. The van der Waals surface area contributed by atoms with Gasteiger partial charge in [-0.05, 0) is 0 Å². The summed E-state index contributed by atoms with van der Waals surface area (Å²) in [5.41, 5.74) is 0. The fourth-order valence-corrected chi connectivity index (χ4v) is 2.36. The molecule has 0 fully saturated rings. The minimum atomic E-state index is -1.27. The number of rotatable bonds is 3. The smallest absolute Gasteiger partial charge is 0.102 e. The molecule has 0 radical (unpaired) electrons. The van der Waals surface area contributed by atoms with E-state index in [0.29, 0.717) is 0 Å². The lowest BCUT2D eigenvalue weighted by Gasteiger charge is -2.26. The van der Waals surface area contributed by atoms with Crippen LogP contribution in [0.4, 0.5) is 0 Å². The van der Waals surface area contributed by atoms with Crippen molar-refractivity contribution in [2.75, 3.05) is 7.11 Å². The second kappa shape index (κ2) is 3.62. The van der Waals surface area contributed by atoms with Crippen LogP contribution in [0.2, 0.25) is 6.55 Å². The Morgan fingerprint density at radius 2 is 2.00 bits per heavy atom. The summed E-state index contributed by atoms with van der Waals surface area (Å²) in [6, 6.07) is 0. The Kier molecular flexibility index (Phi) is 3.82. The van der Waals surface area contributed by atoms with Gasteiger partial charge in [-0.15, -0.1) is 0 Å². The third kappa shape index (κ3) is 2.30. The summed E-state index contributed by atoms with van der Waals surface area (Å²) in [5.74, 6) is 0. The molecule has 0 aliphatic heterocycles.